The Morgan fingerprint density at radius 1 is 1.00 bits per heavy atom. The van der Waals surface area contributed by atoms with Crippen molar-refractivity contribution in [2.24, 2.45) is 0 Å². The maximum Gasteiger partial charge on any atom is 0.323 e. The van der Waals surface area contributed by atoms with Crippen molar-refractivity contribution in [2.75, 3.05) is 23.7 Å². The number of hydrogen-bond donors (Lipinski definition) is 3. The van der Waals surface area contributed by atoms with Crippen LogP contribution in [0.5, 0.6) is 11.5 Å². The number of urea groups is 1. The van der Waals surface area contributed by atoms with Crippen LogP contribution in [0.1, 0.15) is 42.1 Å². The number of halogens is 1. The quantitative estimate of drug-likeness (QED) is 0.202. The third-order valence-corrected chi connectivity index (χ3v) is 6.97. The van der Waals surface area contributed by atoms with Gasteiger partial charge in [0.05, 0.1) is 22.6 Å². The van der Waals surface area contributed by atoms with E-state index in [4.69, 9.17) is 9.47 Å². The lowest BCUT2D eigenvalue weighted by atomic mass is 10.1. The Hall–Kier alpha value is -5.19. The summed E-state index contributed by atoms with van der Waals surface area (Å²) in [5.74, 6) is 0.232. The number of aryl methyl sites for hydroxylation is 1. The highest BCUT2D eigenvalue weighted by Gasteiger charge is 2.26. The van der Waals surface area contributed by atoms with Crippen LogP contribution in [0.4, 0.5) is 20.6 Å². The molecule has 11 heteroatoms. The first-order valence-corrected chi connectivity index (χ1v) is 14.0. The second-order valence-corrected chi connectivity index (χ2v) is 10.2. The molecule has 0 aliphatic carbocycles. The smallest absolute Gasteiger partial charge is 0.323 e. The summed E-state index contributed by atoms with van der Waals surface area (Å²) in [6, 6.07) is 15.9. The molecule has 0 bridgehead atoms. The van der Waals surface area contributed by atoms with Crippen LogP contribution in [0, 0.1) is 12.7 Å². The average Bonchev–Trinajstić information content (AvgIpc) is 3.51. The molecule has 2 aromatic carbocycles. The number of esters is 1. The van der Waals surface area contributed by atoms with E-state index in [-0.39, 0.29) is 23.7 Å². The number of pyridine rings is 1. The Bertz CT molecular complexity index is 1610. The molecule has 1 aliphatic heterocycles. The first-order chi connectivity index (χ1) is 20.8. The van der Waals surface area contributed by atoms with Crippen molar-refractivity contribution >= 4 is 29.3 Å². The molecular formula is C32H32FN5O5. The summed E-state index contributed by atoms with van der Waals surface area (Å²) in [6.45, 7) is 4.62. The maximum atomic E-state index is 13.9. The van der Waals surface area contributed by atoms with Crippen molar-refractivity contribution in [3.05, 3.63) is 90.0 Å². The molecule has 3 N–H and O–H groups in total. The average molecular weight is 586 g/mol. The number of likely N-dealkylation sites (tertiary alicyclic amines) is 1. The van der Waals surface area contributed by atoms with Crippen LogP contribution in [0.3, 0.4) is 0 Å². The van der Waals surface area contributed by atoms with Gasteiger partial charge in [0.1, 0.15) is 23.4 Å². The number of aromatic nitrogens is 2. The minimum absolute atomic E-state index is 0.0958. The molecule has 1 aliphatic rings. The molecule has 43 heavy (non-hydrogen) atoms. The Morgan fingerprint density at radius 3 is 2.51 bits per heavy atom. The van der Waals surface area contributed by atoms with E-state index >= 15 is 0 Å². The van der Waals surface area contributed by atoms with Crippen LogP contribution in [0.15, 0.2) is 73.1 Å². The summed E-state index contributed by atoms with van der Waals surface area (Å²) >= 11 is 0. The van der Waals surface area contributed by atoms with Gasteiger partial charge in [-0.15, -0.1) is 0 Å². The molecule has 1 fully saturated rings. The normalized spacial score (nSPS) is 13.3. The molecule has 3 heterocycles. The molecule has 0 spiro atoms. The molecule has 0 atom stereocenters. The molecule has 2 aromatic heterocycles. The van der Waals surface area contributed by atoms with Gasteiger partial charge in [-0.3, -0.25) is 14.6 Å². The molecule has 5 rings (SSSR count). The van der Waals surface area contributed by atoms with Gasteiger partial charge in [-0.25, -0.2) is 9.18 Å². The van der Waals surface area contributed by atoms with E-state index in [2.05, 4.69) is 20.6 Å². The highest BCUT2D eigenvalue weighted by atomic mass is 19.1. The van der Waals surface area contributed by atoms with Crippen LogP contribution in [0.2, 0.25) is 0 Å². The number of aromatic amines is 1. The molecule has 3 amide bonds. The van der Waals surface area contributed by atoms with Gasteiger partial charge >= 0.3 is 12.0 Å². The van der Waals surface area contributed by atoms with Crippen molar-refractivity contribution in [3.8, 4) is 22.9 Å². The molecule has 4 aromatic rings. The summed E-state index contributed by atoms with van der Waals surface area (Å²) in [4.78, 5) is 46.2. The molecule has 10 nitrogen and oxygen atoms in total. The van der Waals surface area contributed by atoms with Crippen molar-refractivity contribution in [2.45, 2.75) is 39.2 Å². The van der Waals surface area contributed by atoms with Gasteiger partial charge in [0.15, 0.2) is 0 Å². The lowest BCUT2D eigenvalue weighted by molar-refractivity contribution is -0.150. The highest BCUT2D eigenvalue weighted by molar-refractivity contribution is 6.00. The fraction of sp³-hybridized carbons (Fsp3) is 0.250. The SMILES string of the molecule is CCC(=O)OC1CCN(C(=O)c2c[nH]c(-c3cc(Oc4ccc(NC(=O)Nc5cc(C)ccc5F)cc4)ccn3)c2)CC1. The predicted octanol–water partition coefficient (Wildman–Crippen LogP) is 6.52. The maximum absolute atomic E-state index is 13.9. The fourth-order valence-corrected chi connectivity index (χ4v) is 4.68. The van der Waals surface area contributed by atoms with Crippen LogP contribution >= 0.6 is 0 Å². The minimum Gasteiger partial charge on any atom is -0.462 e. The van der Waals surface area contributed by atoms with Crippen molar-refractivity contribution in [3.63, 3.8) is 0 Å². The van der Waals surface area contributed by atoms with E-state index in [1.54, 1.807) is 78.8 Å². The second-order valence-electron chi connectivity index (χ2n) is 10.2. The topological polar surface area (TPSA) is 126 Å². The van der Waals surface area contributed by atoms with Gasteiger partial charge in [0.2, 0.25) is 0 Å². The Labute approximate surface area is 248 Å². The molecule has 222 valence electrons. The van der Waals surface area contributed by atoms with E-state index in [0.717, 1.165) is 5.56 Å². The van der Waals surface area contributed by atoms with Crippen molar-refractivity contribution in [1.82, 2.24) is 14.9 Å². The van der Waals surface area contributed by atoms with Crippen molar-refractivity contribution < 1.29 is 28.2 Å². The number of H-pyrrole nitrogens is 1. The van der Waals surface area contributed by atoms with Gasteiger partial charge in [-0.2, -0.15) is 0 Å². The van der Waals surface area contributed by atoms with E-state index in [0.29, 0.717) is 66.5 Å². The zero-order chi connectivity index (χ0) is 30.3. The number of piperidine rings is 1. The predicted molar refractivity (Wildman–Crippen MR) is 160 cm³/mol. The number of rotatable bonds is 8. The van der Waals surface area contributed by atoms with Crippen LogP contribution in [0.25, 0.3) is 11.4 Å². The number of ether oxygens (including phenoxy) is 2. The summed E-state index contributed by atoms with van der Waals surface area (Å²) in [6.07, 6.45) is 4.70. The van der Waals surface area contributed by atoms with Gasteiger partial charge in [0, 0.05) is 56.5 Å². The van der Waals surface area contributed by atoms with Gasteiger partial charge in [-0.1, -0.05) is 13.0 Å². The van der Waals surface area contributed by atoms with Gasteiger partial charge < -0.3 is 30.0 Å². The number of hydrogen-bond acceptors (Lipinski definition) is 6. The number of benzene rings is 2. The Kier molecular flexibility index (Phi) is 8.99. The lowest BCUT2D eigenvalue weighted by Gasteiger charge is -2.31. The van der Waals surface area contributed by atoms with Crippen LogP contribution in [-0.4, -0.2) is 52.0 Å². The van der Waals surface area contributed by atoms with E-state index in [1.165, 1.54) is 6.07 Å². The first kappa shape index (κ1) is 29.3. The molecule has 0 unspecified atom stereocenters. The second kappa shape index (κ2) is 13.2. The Morgan fingerprint density at radius 2 is 1.77 bits per heavy atom. The zero-order valence-corrected chi connectivity index (χ0v) is 23.9. The summed E-state index contributed by atoms with van der Waals surface area (Å²) in [7, 11) is 0. The van der Waals surface area contributed by atoms with E-state index < -0.39 is 11.8 Å². The molecule has 0 saturated carbocycles. The van der Waals surface area contributed by atoms with Gasteiger partial charge in [0.25, 0.3) is 5.91 Å². The first-order valence-electron chi connectivity index (χ1n) is 14.0. The fourth-order valence-electron chi connectivity index (χ4n) is 4.68. The van der Waals surface area contributed by atoms with Crippen molar-refractivity contribution in [1.29, 1.82) is 0 Å². The van der Waals surface area contributed by atoms with Crippen LogP contribution in [-0.2, 0) is 9.53 Å². The summed E-state index contributed by atoms with van der Waals surface area (Å²) in [5.41, 5.74) is 3.21. The van der Waals surface area contributed by atoms with E-state index in [1.807, 2.05) is 6.92 Å². The molecule has 1 saturated heterocycles. The zero-order valence-electron chi connectivity index (χ0n) is 23.9. The number of carbonyl (C=O) groups is 3. The molecular weight excluding hydrogens is 553 g/mol. The number of nitrogens with one attached hydrogen (secondary N) is 3. The Balaban J connectivity index is 1.16. The minimum atomic E-state index is -0.567. The largest absolute Gasteiger partial charge is 0.462 e. The van der Waals surface area contributed by atoms with E-state index in [9.17, 15) is 18.8 Å². The lowest BCUT2D eigenvalue weighted by Crippen LogP contribution is -2.41. The summed E-state index contributed by atoms with van der Waals surface area (Å²) in [5, 5.41) is 5.18. The third-order valence-electron chi connectivity index (χ3n) is 6.97. The standard InChI is InChI=1S/C32H32FN5O5/c1-3-30(39)43-24-11-14-38(15-12-24)31(40)21-17-28(35-19-21)29-18-25(10-13-34-29)42-23-7-5-22(6-8-23)36-32(41)37-27-16-20(2)4-9-26(27)33/h4-10,13,16-19,24,35H,3,11-12,14-15H2,1-2H3,(H2,36,37,41). The molecule has 0 radical (unpaired) electrons. The highest BCUT2D eigenvalue weighted by Crippen LogP contribution is 2.27. The number of carbonyl (C=O) groups excluding carboxylic acids is 3. The number of nitrogens with zero attached hydrogens (tertiary/aromatic N) is 2. The summed E-state index contributed by atoms with van der Waals surface area (Å²) < 4.78 is 25.3. The van der Waals surface area contributed by atoms with Gasteiger partial charge in [-0.05, 0) is 61.0 Å². The number of amides is 3. The number of anilines is 2. The third kappa shape index (κ3) is 7.56. The van der Waals surface area contributed by atoms with Crippen LogP contribution < -0.4 is 15.4 Å². The monoisotopic (exact) mass is 585 g/mol.